The first-order valence-electron chi connectivity index (χ1n) is 7.97. The van der Waals surface area contributed by atoms with E-state index < -0.39 is 36.1 Å². The van der Waals surface area contributed by atoms with Crippen LogP contribution in [0.25, 0.3) is 0 Å². The highest BCUT2D eigenvalue weighted by atomic mass is 19.5. The van der Waals surface area contributed by atoms with Crippen LogP contribution in [0.2, 0.25) is 0 Å². The molecule has 2 aromatic rings. The van der Waals surface area contributed by atoms with Crippen LogP contribution in [-0.2, 0) is 0 Å². The van der Waals surface area contributed by atoms with E-state index >= 15 is 0 Å². The molecule has 0 saturated heterocycles. The van der Waals surface area contributed by atoms with Crippen LogP contribution in [0, 0.1) is 23.3 Å². The highest BCUT2D eigenvalue weighted by Crippen LogP contribution is 2.34. The number of benzene rings is 2. The van der Waals surface area contributed by atoms with Gasteiger partial charge in [0, 0.05) is 0 Å². The second-order valence-corrected chi connectivity index (χ2v) is 6.56. The summed E-state index contributed by atoms with van der Waals surface area (Å²) in [7, 11) is -6.00. The van der Waals surface area contributed by atoms with Crippen LogP contribution in [0.15, 0.2) is 36.4 Å². The Bertz CT molecular complexity index is 849. The van der Waals surface area contributed by atoms with Crippen molar-refractivity contribution in [1.82, 2.24) is 0 Å². The minimum atomic E-state index is -6.00. The number of halogens is 8. The summed E-state index contributed by atoms with van der Waals surface area (Å²) in [5.41, 5.74) is -1.23. The Morgan fingerprint density at radius 3 is 1.64 bits per heavy atom. The van der Waals surface area contributed by atoms with Crippen molar-refractivity contribution in [1.29, 1.82) is 0 Å². The largest absolute Gasteiger partial charge is 0.673 e. The Morgan fingerprint density at radius 1 is 0.821 bits per heavy atom. The average Bonchev–Trinajstić information content (AvgIpc) is 2.80. The highest BCUT2D eigenvalue weighted by Gasteiger charge is 2.43. The SMILES string of the molecule is CC1(C)CN(c2c(F)cccc2F)C=[N+]1c1c(F)cccc1F.F[B-](F)(F)F. The van der Waals surface area contributed by atoms with Crippen molar-refractivity contribution >= 4 is 25.0 Å². The van der Waals surface area contributed by atoms with Gasteiger partial charge in [-0.15, -0.1) is 0 Å². The standard InChI is InChI=1S/C17H15F4N2.BF4/c1-17(2)9-22(15-11(18)5-3-6-12(15)19)10-23(17)16-13(20)7-4-8-14(16)21;2-1(3,4)5/h3-8,10H,9H2,1-2H3;/q+1;-1. The zero-order valence-electron chi connectivity index (χ0n) is 14.7. The zero-order chi connectivity index (χ0) is 21.3. The third kappa shape index (κ3) is 5.02. The number of para-hydroxylation sites is 2. The van der Waals surface area contributed by atoms with Crippen LogP contribution in [0.1, 0.15) is 13.8 Å². The quantitative estimate of drug-likeness (QED) is 0.360. The van der Waals surface area contributed by atoms with E-state index in [9.17, 15) is 34.8 Å². The highest BCUT2D eigenvalue weighted by molar-refractivity contribution is 6.50. The molecule has 0 fully saturated rings. The molecule has 0 radical (unpaired) electrons. The molecular formula is C17H15BF8N2. The first kappa shape index (κ1) is 21.7. The van der Waals surface area contributed by atoms with Gasteiger partial charge in [0.05, 0.1) is 0 Å². The molecule has 0 saturated carbocycles. The normalized spacial score (nSPS) is 15.8. The lowest BCUT2D eigenvalue weighted by Crippen LogP contribution is -2.35. The summed E-state index contributed by atoms with van der Waals surface area (Å²) >= 11 is 0. The summed E-state index contributed by atoms with van der Waals surface area (Å²) in [4.78, 5) is 1.33. The van der Waals surface area contributed by atoms with E-state index in [4.69, 9.17) is 0 Å². The average molecular weight is 410 g/mol. The fourth-order valence-corrected chi connectivity index (χ4v) is 2.81. The Morgan fingerprint density at radius 2 is 1.21 bits per heavy atom. The second-order valence-electron chi connectivity index (χ2n) is 6.56. The lowest BCUT2D eigenvalue weighted by Gasteiger charge is -2.19. The van der Waals surface area contributed by atoms with Crippen molar-refractivity contribution in [3.05, 3.63) is 59.7 Å². The zero-order valence-corrected chi connectivity index (χ0v) is 14.7. The predicted octanol–water partition coefficient (Wildman–Crippen LogP) is 5.51. The van der Waals surface area contributed by atoms with Crippen LogP contribution < -0.4 is 4.90 Å². The molecule has 2 nitrogen and oxygen atoms in total. The van der Waals surface area contributed by atoms with Crippen molar-refractivity contribution in [2.75, 3.05) is 11.4 Å². The van der Waals surface area contributed by atoms with Crippen molar-refractivity contribution in [3.8, 4) is 0 Å². The fourth-order valence-electron chi connectivity index (χ4n) is 2.81. The lowest BCUT2D eigenvalue weighted by atomic mass is 10.0. The molecule has 1 heterocycles. The summed E-state index contributed by atoms with van der Waals surface area (Å²) in [6.45, 7) is 3.67. The van der Waals surface area contributed by atoms with Crippen molar-refractivity contribution in [3.63, 3.8) is 0 Å². The van der Waals surface area contributed by atoms with E-state index in [1.54, 1.807) is 13.8 Å². The van der Waals surface area contributed by atoms with Gasteiger partial charge in [-0.2, -0.15) is 0 Å². The smallest absolute Gasteiger partial charge is 0.418 e. The molecule has 0 amide bonds. The Hall–Kier alpha value is -2.59. The van der Waals surface area contributed by atoms with E-state index in [1.165, 1.54) is 27.9 Å². The minimum absolute atomic E-state index is 0.179. The third-order valence-corrected chi connectivity index (χ3v) is 3.87. The molecule has 2 aromatic carbocycles. The van der Waals surface area contributed by atoms with Gasteiger partial charge in [0.25, 0.3) is 0 Å². The number of nitrogens with zero attached hydrogens (tertiary/aromatic N) is 2. The maximum Gasteiger partial charge on any atom is 0.673 e. The van der Waals surface area contributed by atoms with Gasteiger partial charge in [-0.1, -0.05) is 12.1 Å². The summed E-state index contributed by atoms with van der Waals surface area (Å²) in [6, 6.07) is 7.12. The predicted molar refractivity (Wildman–Crippen MR) is 90.3 cm³/mol. The topological polar surface area (TPSA) is 6.25 Å². The molecule has 28 heavy (non-hydrogen) atoms. The van der Waals surface area contributed by atoms with E-state index in [-0.39, 0.29) is 17.9 Å². The van der Waals surface area contributed by atoms with Gasteiger partial charge in [0.1, 0.15) is 12.1 Å². The van der Waals surface area contributed by atoms with Crippen molar-refractivity contribution in [2.45, 2.75) is 19.4 Å². The number of hydrogen-bond acceptors (Lipinski definition) is 1. The van der Waals surface area contributed by atoms with E-state index in [0.29, 0.717) is 0 Å². The fraction of sp³-hybridized carbons (Fsp3) is 0.235. The van der Waals surface area contributed by atoms with Gasteiger partial charge in [-0.05, 0) is 38.1 Å². The van der Waals surface area contributed by atoms with Gasteiger partial charge in [0.15, 0.2) is 34.6 Å². The molecule has 3 rings (SSSR count). The number of hydrogen-bond donors (Lipinski definition) is 0. The third-order valence-electron chi connectivity index (χ3n) is 3.87. The first-order chi connectivity index (χ1) is 12.8. The lowest BCUT2D eigenvalue weighted by molar-refractivity contribution is -0.511. The van der Waals surface area contributed by atoms with Gasteiger partial charge in [-0.3, -0.25) is 0 Å². The van der Waals surface area contributed by atoms with Gasteiger partial charge >= 0.3 is 7.25 Å². The van der Waals surface area contributed by atoms with Gasteiger partial charge in [0.2, 0.25) is 6.34 Å². The van der Waals surface area contributed by atoms with Crippen LogP contribution in [0.5, 0.6) is 0 Å². The molecule has 152 valence electrons. The number of anilines is 1. The molecule has 0 aliphatic carbocycles. The van der Waals surface area contributed by atoms with Crippen LogP contribution in [0.4, 0.5) is 46.2 Å². The molecule has 0 bridgehead atoms. The van der Waals surface area contributed by atoms with Gasteiger partial charge in [-0.25, -0.2) is 27.0 Å². The van der Waals surface area contributed by atoms with Crippen LogP contribution in [0.3, 0.4) is 0 Å². The summed E-state index contributed by atoms with van der Waals surface area (Å²) in [5.74, 6) is -2.92. The molecular weight excluding hydrogens is 395 g/mol. The van der Waals surface area contributed by atoms with Gasteiger partial charge < -0.3 is 17.3 Å². The minimum Gasteiger partial charge on any atom is -0.418 e. The summed E-state index contributed by atoms with van der Waals surface area (Å²) in [6.07, 6.45) is 1.34. The van der Waals surface area contributed by atoms with E-state index in [0.717, 1.165) is 24.3 Å². The van der Waals surface area contributed by atoms with Crippen molar-refractivity contribution < 1.29 is 39.4 Å². The monoisotopic (exact) mass is 410 g/mol. The van der Waals surface area contributed by atoms with Crippen LogP contribution in [-0.4, -0.2) is 30.3 Å². The molecule has 0 spiro atoms. The van der Waals surface area contributed by atoms with E-state index in [1.807, 2.05) is 0 Å². The maximum atomic E-state index is 14.1. The number of rotatable bonds is 2. The maximum absolute atomic E-state index is 14.1. The molecule has 0 N–H and O–H groups in total. The molecule has 0 unspecified atom stereocenters. The Balaban J connectivity index is 0.000000500. The second kappa shape index (κ2) is 7.80. The molecule has 0 aromatic heterocycles. The van der Waals surface area contributed by atoms with Crippen LogP contribution >= 0.6 is 0 Å². The Labute approximate surface area is 155 Å². The first-order valence-corrected chi connectivity index (χ1v) is 7.97. The molecule has 0 atom stereocenters. The van der Waals surface area contributed by atoms with E-state index in [2.05, 4.69) is 0 Å². The molecule has 1 aliphatic heterocycles. The van der Waals surface area contributed by atoms with Crippen molar-refractivity contribution in [2.24, 2.45) is 0 Å². The Kier molecular flexibility index (Phi) is 6.05. The summed E-state index contributed by atoms with van der Waals surface area (Å²) in [5, 5.41) is 0. The molecule has 1 aliphatic rings. The molecule has 11 heteroatoms. The summed E-state index contributed by atoms with van der Waals surface area (Å²) < 4.78 is 96.4.